The fraction of sp³-hybridized carbons (Fsp3) is 0. The molecule has 3 heterocycles. The number of fused-ring (bicyclic) bond motifs is 1. The van der Waals surface area contributed by atoms with Crippen LogP contribution in [0, 0.1) is 0 Å². The van der Waals surface area contributed by atoms with Crippen molar-refractivity contribution in [1.82, 2.24) is 15.3 Å². The van der Waals surface area contributed by atoms with E-state index in [9.17, 15) is 4.79 Å². The Hall–Kier alpha value is -3.78. The molecule has 0 bridgehead atoms. The molecule has 28 heavy (non-hydrogen) atoms. The molecule has 138 valence electrons. The lowest BCUT2D eigenvalue weighted by Crippen LogP contribution is -2.32. The number of carbonyl (C=O) groups excluding carboxylic acids is 1. The third-order valence-corrected chi connectivity index (χ3v) is 3.96. The number of carbonyl (C=O) groups is 1. The number of furan rings is 1. The number of aromatic nitrogens is 2. The van der Waals surface area contributed by atoms with Crippen LogP contribution in [0.15, 0.2) is 76.0 Å². The number of hydrogen-bond donors (Lipinski definition) is 2. The van der Waals surface area contributed by atoms with E-state index in [4.69, 9.17) is 21.1 Å². The van der Waals surface area contributed by atoms with Crippen LogP contribution in [-0.4, -0.2) is 21.0 Å². The van der Waals surface area contributed by atoms with E-state index in [-0.39, 0.29) is 11.0 Å². The minimum absolute atomic E-state index is 0.172. The van der Waals surface area contributed by atoms with Crippen LogP contribution in [0.3, 0.4) is 0 Å². The van der Waals surface area contributed by atoms with Gasteiger partial charge >= 0.3 is 0 Å². The Balaban J connectivity index is 1.42. The van der Waals surface area contributed by atoms with Gasteiger partial charge in [0.25, 0.3) is 0 Å². The lowest BCUT2D eigenvalue weighted by molar-refractivity contribution is -0.115. The predicted molar refractivity (Wildman–Crippen MR) is 109 cm³/mol. The maximum atomic E-state index is 11.9. The lowest BCUT2D eigenvalue weighted by Gasteiger charge is -2.07. The number of anilines is 1. The van der Waals surface area contributed by atoms with Gasteiger partial charge in [-0.1, -0.05) is 0 Å². The first-order chi connectivity index (χ1) is 13.7. The molecule has 0 unspecified atom stereocenters. The summed E-state index contributed by atoms with van der Waals surface area (Å²) in [6, 6.07) is 12.5. The molecule has 0 aliphatic carbocycles. The summed E-state index contributed by atoms with van der Waals surface area (Å²) in [5.74, 6) is 0.723. The van der Waals surface area contributed by atoms with Crippen LogP contribution in [0.25, 0.3) is 28.6 Å². The molecule has 7 nitrogen and oxygen atoms in total. The molecule has 4 rings (SSSR count). The van der Waals surface area contributed by atoms with Crippen LogP contribution in [0.2, 0.25) is 0 Å². The summed E-state index contributed by atoms with van der Waals surface area (Å²) in [4.78, 5) is 20.4. The number of rotatable bonds is 4. The molecule has 0 radical (unpaired) electrons. The van der Waals surface area contributed by atoms with Gasteiger partial charge in [-0.05, 0) is 60.8 Å². The molecular weight excluding hydrogens is 376 g/mol. The van der Waals surface area contributed by atoms with Crippen molar-refractivity contribution in [1.29, 1.82) is 0 Å². The van der Waals surface area contributed by atoms with E-state index in [1.54, 1.807) is 48.8 Å². The highest BCUT2D eigenvalue weighted by Crippen LogP contribution is 2.25. The standard InChI is InChI=1S/C20H14N4O3S/c25-18(6-4-15-2-1-11-26-15)24-20(28)22-14-3-5-17-16(12-14)23-19(27-17)13-7-9-21-10-8-13/h1-12H,(H2,22,24,25,28)/b6-4+. The number of oxazole rings is 1. The van der Waals surface area contributed by atoms with E-state index in [1.165, 1.54) is 12.3 Å². The third-order valence-electron chi connectivity index (χ3n) is 3.75. The maximum absolute atomic E-state index is 11.9. The van der Waals surface area contributed by atoms with Crippen LogP contribution < -0.4 is 10.6 Å². The van der Waals surface area contributed by atoms with Gasteiger partial charge in [-0.3, -0.25) is 15.1 Å². The molecule has 2 N–H and O–H groups in total. The molecule has 3 aromatic heterocycles. The number of hydrogen-bond acceptors (Lipinski definition) is 6. The summed E-state index contributed by atoms with van der Waals surface area (Å²) in [5.41, 5.74) is 2.84. The first-order valence-electron chi connectivity index (χ1n) is 8.32. The fourth-order valence-corrected chi connectivity index (χ4v) is 2.70. The maximum Gasteiger partial charge on any atom is 0.250 e. The van der Waals surface area contributed by atoms with Crippen molar-refractivity contribution in [3.8, 4) is 11.5 Å². The van der Waals surface area contributed by atoms with Gasteiger partial charge in [-0.15, -0.1) is 0 Å². The Morgan fingerprint density at radius 1 is 1.14 bits per heavy atom. The van der Waals surface area contributed by atoms with Crippen LogP contribution in [-0.2, 0) is 4.79 Å². The predicted octanol–water partition coefficient (Wildman–Crippen LogP) is 4.01. The van der Waals surface area contributed by atoms with E-state index >= 15 is 0 Å². The van der Waals surface area contributed by atoms with Gasteiger partial charge in [0.2, 0.25) is 11.8 Å². The van der Waals surface area contributed by atoms with E-state index in [1.807, 2.05) is 12.1 Å². The fourth-order valence-electron chi connectivity index (χ4n) is 2.48. The first-order valence-corrected chi connectivity index (χ1v) is 8.73. The molecule has 0 aliphatic rings. The average molecular weight is 390 g/mol. The van der Waals surface area contributed by atoms with E-state index in [0.717, 1.165) is 5.56 Å². The van der Waals surface area contributed by atoms with Crippen molar-refractivity contribution in [2.24, 2.45) is 0 Å². The number of amides is 1. The highest BCUT2D eigenvalue weighted by molar-refractivity contribution is 7.80. The average Bonchev–Trinajstić information content (AvgIpc) is 3.36. The smallest absolute Gasteiger partial charge is 0.250 e. The van der Waals surface area contributed by atoms with E-state index in [0.29, 0.717) is 28.4 Å². The van der Waals surface area contributed by atoms with Gasteiger partial charge in [0.05, 0.1) is 6.26 Å². The third kappa shape index (κ3) is 4.13. The molecule has 0 saturated heterocycles. The Bertz CT molecular complexity index is 1150. The highest BCUT2D eigenvalue weighted by Gasteiger charge is 2.09. The van der Waals surface area contributed by atoms with Crippen LogP contribution in [0.5, 0.6) is 0 Å². The summed E-state index contributed by atoms with van der Waals surface area (Å²) in [5, 5.41) is 5.70. The number of benzene rings is 1. The minimum atomic E-state index is -0.364. The molecule has 0 saturated carbocycles. The second-order valence-corrected chi connectivity index (χ2v) is 6.14. The summed E-state index contributed by atoms with van der Waals surface area (Å²) >= 11 is 5.18. The summed E-state index contributed by atoms with van der Waals surface area (Å²) in [7, 11) is 0. The van der Waals surface area contributed by atoms with Crippen molar-refractivity contribution >= 4 is 46.1 Å². The molecule has 0 aliphatic heterocycles. The molecule has 0 fully saturated rings. The summed E-state index contributed by atoms with van der Waals surface area (Å²) in [6.07, 6.45) is 7.79. The molecular formula is C20H14N4O3S. The number of pyridine rings is 1. The molecule has 4 aromatic rings. The number of thiocarbonyl (C=S) groups is 1. The topological polar surface area (TPSA) is 93.2 Å². The number of nitrogens with one attached hydrogen (secondary N) is 2. The normalized spacial score (nSPS) is 11.0. The first kappa shape index (κ1) is 17.6. The monoisotopic (exact) mass is 390 g/mol. The van der Waals surface area contributed by atoms with E-state index < -0.39 is 0 Å². The van der Waals surface area contributed by atoms with Crippen molar-refractivity contribution in [3.05, 3.63) is 73.0 Å². The van der Waals surface area contributed by atoms with Crippen molar-refractivity contribution < 1.29 is 13.6 Å². The lowest BCUT2D eigenvalue weighted by atomic mass is 10.3. The zero-order chi connectivity index (χ0) is 19.3. The van der Waals surface area contributed by atoms with Crippen LogP contribution >= 0.6 is 12.2 Å². The Morgan fingerprint density at radius 2 is 2.00 bits per heavy atom. The second kappa shape index (κ2) is 7.85. The van der Waals surface area contributed by atoms with Gasteiger partial charge in [0.1, 0.15) is 11.3 Å². The largest absolute Gasteiger partial charge is 0.465 e. The molecule has 8 heteroatoms. The number of nitrogens with zero attached hydrogens (tertiary/aromatic N) is 2. The van der Waals surface area contributed by atoms with Crippen LogP contribution in [0.4, 0.5) is 5.69 Å². The van der Waals surface area contributed by atoms with Crippen LogP contribution in [0.1, 0.15) is 5.76 Å². The van der Waals surface area contributed by atoms with Gasteiger partial charge < -0.3 is 14.2 Å². The summed E-state index contributed by atoms with van der Waals surface area (Å²) in [6.45, 7) is 0. The Labute approximate surface area is 165 Å². The Morgan fingerprint density at radius 3 is 2.79 bits per heavy atom. The molecule has 0 atom stereocenters. The van der Waals surface area contributed by atoms with Gasteiger partial charge in [-0.25, -0.2) is 4.98 Å². The zero-order valence-corrected chi connectivity index (χ0v) is 15.3. The van der Waals surface area contributed by atoms with Crippen molar-refractivity contribution in [2.75, 3.05) is 5.32 Å². The zero-order valence-electron chi connectivity index (χ0n) is 14.5. The van der Waals surface area contributed by atoms with Gasteiger partial charge in [0, 0.05) is 29.7 Å². The highest BCUT2D eigenvalue weighted by atomic mass is 32.1. The van der Waals surface area contributed by atoms with E-state index in [2.05, 4.69) is 20.6 Å². The van der Waals surface area contributed by atoms with Crippen molar-refractivity contribution in [2.45, 2.75) is 0 Å². The summed E-state index contributed by atoms with van der Waals surface area (Å²) < 4.78 is 10.9. The SMILES string of the molecule is O=C(/C=C/c1ccco1)NC(=S)Nc1ccc2oc(-c3ccncc3)nc2c1. The van der Waals surface area contributed by atoms with Crippen molar-refractivity contribution in [3.63, 3.8) is 0 Å². The van der Waals surface area contributed by atoms with Gasteiger partial charge in [0.15, 0.2) is 10.7 Å². The quantitative estimate of drug-likeness (QED) is 0.402. The Kier molecular flexibility index (Phi) is 4.94. The minimum Gasteiger partial charge on any atom is -0.465 e. The molecule has 0 spiro atoms. The van der Waals surface area contributed by atoms with Gasteiger partial charge in [-0.2, -0.15) is 0 Å². The molecule has 1 amide bonds. The second-order valence-electron chi connectivity index (χ2n) is 5.73. The molecule has 1 aromatic carbocycles.